The quantitative estimate of drug-likeness (QED) is 0.670. The fourth-order valence-corrected chi connectivity index (χ4v) is 1.66. The summed E-state index contributed by atoms with van der Waals surface area (Å²) < 4.78 is 0. The van der Waals surface area contributed by atoms with Gasteiger partial charge in [0.1, 0.15) is 6.29 Å². The Morgan fingerprint density at radius 1 is 1.38 bits per heavy atom. The zero-order chi connectivity index (χ0) is 9.52. The van der Waals surface area contributed by atoms with Crippen LogP contribution in [-0.2, 0) is 11.2 Å². The van der Waals surface area contributed by atoms with Crippen molar-refractivity contribution in [3.05, 3.63) is 35.9 Å². The molecule has 2 heteroatoms. The standard InChI is InChI=1S/C11H14OS/c1-13-11(9-12)8-7-10-5-3-2-4-6-10/h2-6,9,11H,7-8H2,1H3. The van der Waals surface area contributed by atoms with Crippen molar-refractivity contribution in [1.29, 1.82) is 0 Å². The van der Waals surface area contributed by atoms with Crippen LogP contribution in [0, 0.1) is 0 Å². The lowest BCUT2D eigenvalue weighted by Crippen LogP contribution is -2.04. The molecule has 70 valence electrons. The molecule has 1 aromatic carbocycles. The molecule has 0 heterocycles. The molecule has 0 amide bonds. The van der Waals surface area contributed by atoms with Crippen LogP contribution in [0.4, 0.5) is 0 Å². The molecule has 0 spiro atoms. The van der Waals surface area contributed by atoms with E-state index in [2.05, 4.69) is 12.1 Å². The molecule has 1 aromatic rings. The first-order valence-electron chi connectivity index (χ1n) is 4.39. The highest BCUT2D eigenvalue weighted by molar-refractivity contribution is 7.99. The number of hydrogen-bond acceptors (Lipinski definition) is 2. The summed E-state index contributed by atoms with van der Waals surface area (Å²) in [5, 5.41) is 0.153. The Balaban J connectivity index is 2.38. The Morgan fingerprint density at radius 3 is 2.62 bits per heavy atom. The summed E-state index contributed by atoms with van der Waals surface area (Å²) >= 11 is 1.62. The lowest BCUT2D eigenvalue weighted by atomic mass is 10.1. The van der Waals surface area contributed by atoms with E-state index in [-0.39, 0.29) is 5.25 Å². The average molecular weight is 194 g/mol. The molecular formula is C11H14OS. The van der Waals surface area contributed by atoms with Crippen molar-refractivity contribution in [2.24, 2.45) is 0 Å². The van der Waals surface area contributed by atoms with E-state index in [1.165, 1.54) is 5.56 Å². The third-order valence-corrected chi connectivity index (χ3v) is 2.97. The molecule has 0 aromatic heterocycles. The number of aldehydes is 1. The van der Waals surface area contributed by atoms with E-state index in [0.717, 1.165) is 19.1 Å². The van der Waals surface area contributed by atoms with Crippen LogP contribution in [0.15, 0.2) is 30.3 Å². The first-order valence-corrected chi connectivity index (χ1v) is 5.67. The lowest BCUT2D eigenvalue weighted by molar-refractivity contribution is -0.107. The van der Waals surface area contributed by atoms with Crippen LogP contribution in [0.5, 0.6) is 0 Å². The van der Waals surface area contributed by atoms with E-state index in [0.29, 0.717) is 0 Å². The Labute approximate surface area is 83.5 Å². The molecule has 0 radical (unpaired) electrons. The van der Waals surface area contributed by atoms with E-state index in [1.807, 2.05) is 24.5 Å². The summed E-state index contributed by atoms with van der Waals surface area (Å²) in [4.78, 5) is 10.5. The fraction of sp³-hybridized carbons (Fsp3) is 0.364. The highest BCUT2D eigenvalue weighted by Gasteiger charge is 2.04. The molecule has 0 saturated heterocycles. The van der Waals surface area contributed by atoms with Gasteiger partial charge in [0.05, 0.1) is 5.25 Å². The van der Waals surface area contributed by atoms with Crippen molar-refractivity contribution in [3.63, 3.8) is 0 Å². The Kier molecular flexibility index (Phi) is 4.61. The second-order valence-corrected chi connectivity index (χ2v) is 4.01. The molecule has 0 N–H and O–H groups in total. The van der Waals surface area contributed by atoms with Gasteiger partial charge in [-0.25, -0.2) is 0 Å². The van der Waals surface area contributed by atoms with Gasteiger partial charge in [0, 0.05) is 0 Å². The summed E-state index contributed by atoms with van der Waals surface area (Å²) in [7, 11) is 0. The maximum Gasteiger partial charge on any atom is 0.132 e. The molecule has 1 nitrogen and oxygen atoms in total. The monoisotopic (exact) mass is 194 g/mol. The molecule has 13 heavy (non-hydrogen) atoms. The molecular weight excluding hydrogens is 180 g/mol. The largest absolute Gasteiger partial charge is 0.302 e. The van der Waals surface area contributed by atoms with Gasteiger partial charge in [0.2, 0.25) is 0 Å². The van der Waals surface area contributed by atoms with E-state index in [9.17, 15) is 4.79 Å². The van der Waals surface area contributed by atoms with Gasteiger partial charge in [-0.05, 0) is 24.7 Å². The van der Waals surface area contributed by atoms with Crippen LogP contribution in [0.1, 0.15) is 12.0 Å². The Hall–Kier alpha value is -0.760. The van der Waals surface area contributed by atoms with E-state index < -0.39 is 0 Å². The molecule has 0 saturated carbocycles. The number of carbonyl (C=O) groups is 1. The molecule has 0 bridgehead atoms. The van der Waals surface area contributed by atoms with Gasteiger partial charge in [0.25, 0.3) is 0 Å². The van der Waals surface area contributed by atoms with Gasteiger partial charge >= 0.3 is 0 Å². The normalized spacial score (nSPS) is 12.4. The van der Waals surface area contributed by atoms with Crippen molar-refractivity contribution >= 4 is 18.0 Å². The summed E-state index contributed by atoms with van der Waals surface area (Å²) in [5.41, 5.74) is 1.31. The molecule has 1 unspecified atom stereocenters. The first kappa shape index (κ1) is 10.3. The van der Waals surface area contributed by atoms with E-state index in [4.69, 9.17) is 0 Å². The minimum Gasteiger partial charge on any atom is -0.302 e. The van der Waals surface area contributed by atoms with Gasteiger partial charge in [0.15, 0.2) is 0 Å². The fourth-order valence-electron chi connectivity index (χ4n) is 1.20. The average Bonchev–Trinajstić information content (AvgIpc) is 2.21. The predicted octanol–water partition coefficient (Wildman–Crippen LogP) is 2.55. The number of thioether (sulfide) groups is 1. The summed E-state index contributed by atoms with van der Waals surface area (Å²) in [6.45, 7) is 0. The highest BCUT2D eigenvalue weighted by Crippen LogP contribution is 2.12. The topological polar surface area (TPSA) is 17.1 Å². The van der Waals surface area contributed by atoms with Gasteiger partial charge in [-0.2, -0.15) is 11.8 Å². The van der Waals surface area contributed by atoms with Crippen molar-refractivity contribution in [1.82, 2.24) is 0 Å². The zero-order valence-corrected chi connectivity index (χ0v) is 8.59. The number of rotatable bonds is 5. The Morgan fingerprint density at radius 2 is 2.08 bits per heavy atom. The van der Waals surface area contributed by atoms with Crippen LogP contribution in [-0.4, -0.2) is 17.8 Å². The molecule has 0 fully saturated rings. The van der Waals surface area contributed by atoms with E-state index in [1.54, 1.807) is 11.8 Å². The van der Waals surface area contributed by atoms with Gasteiger partial charge < -0.3 is 4.79 Å². The van der Waals surface area contributed by atoms with Gasteiger partial charge in [-0.15, -0.1) is 0 Å². The van der Waals surface area contributed by atoms with Crippen LogP contribution < -0.4 is 0 Å². The number of benzene rings is 1. The van der Waals surface area contributed by atoms with Crippen molar-refractivity contribution < 1.29 is 4.79 Å². The molecule has 1 rings (SSSR count). The highest BCUT2D eigenvalue weighted by atomic mass is 32.2. The minimum absolute atomic E-state index is 0.153. The zero-order valence-electron chi connectivity index (χ0n) is 7.77. The third kappa shape index (κ3) is 3.64. The molecule has 0 aliphatic heterocycles. The van der Waals surface area contributed by atoms with Gasteiger partial charge in [-0.3, -0.25) is 0 Å². The second kappa shape index (κ2) is 5.81. The summed E-state index contributed by atoms with van der Waals surface area (Å²) in [6.07, 6.45) is 4.94. The maximum absolute atomic E-state index is 10.5. The van der Waals surface area contributed by atoms with Crippen LogP contribution in [0.3, 0.4) is 0 Å². The lowest BCUT2D eigenvalue weighted by Gasteiger charge is -2.05. The second-order valence-electron chi connectivity index (χ2n) is 2.93. The predicted molar refractivity (Wildman–Crippen MR) is 58.1 cm³/mol. The van der Waals surface area contributed by atoms with Crippen molar-refractivity contribution in [2.45, 2.75) is 18.1 Å². The molecule has 0 aliphatic rings. The summed E-state index contributed by atoms with van der Waals surface area (Å²) in [6, 6.07) is 10.3. The van der Waals surface area contributed by atoms with E-state index >= 15 is 0 Å². The number of carbonyl (C=O) groups excluding carboxylic acids is 1. The summed E-state index contributed by atoms with van der Waals surface area (Å²) in [5.74, 6) is 0. The third-order valence-electron chi connectivity index (χ3n) is 2.01. The first-order chi connectivity index (χ1) is 6.36. The molecule has 1 atom stereocenters. The molecule has 0 aliphatic carbocycles. The van der Waals surface area contributed by atoms with Crippen LogP contribution in [0.2, 0.25) is 0 Å². The van der Waals surface area contributed by atoms with Gasteiger partial charge in [-0.1, -0.05) is 30.3 Å². The van der Waals surface area contributed by atoms with Crippen LogP contribution in [0.25, 0.3) is 0 Å². The van der Waals surface area contributed by atoms with Crippen molar-refractivity contribution in [3.8, 4) is 0 Å². The Bertz CT molecular complexity index is 246. The maximum atomic E-state index is 10.5. The number of aryl methyl sites for hydroxylation is 1. The minimum atomic E-state index is 0.153. The van der Waals surface area contributed by atoms with Crippen molar-refractivity contribution in [2.75, 3.05) is 6.26 Å². The SMILES string of the molecule is CSC(C=O)CCc1ccccc1. The number of hydrogen-bond donors (Lipinski definition) is 0. The van der Waals surface area contributed by atoms with Crippen LogP contribution >= 0.6 is 11.8 Å². The smallest absolute Gasteiger partial charge is 0.132 e.